The minimum absolute atomic E-state index is 0. The molecule has 5 aromatic carbocycles. The number of nitrogens with zero attached hydrogens (tertiary/aromatic N) is 3. The minimum Gasteiger partial charge on any atom is -0.779 e. The van der Waals surface area contributed by atoms with E-state index in [1.54, 1.807) is 6.07 Å². The number of phenolic OH excluding ortho intramolecular Hbond substituents is 1. The van der Waals surface area contributed by atoms with Gasteiger partial charge in [-0.2, -0.15) is 4.90 Å². The van der Waals surface area contributed by atoms with Crippen molar-refractivity contribution in [3.8, 4) is 34.3 Å². The fourth-order valence-corrected chi connectivity index (χ4v) is 4.57. The zero-order chi connectivity index (χ0) is 25.9. The van der Waals surface area contributed by atoms with Gasteiger partial charge in [-0.3, -0.25) is 4.57 Å². The number of para-hydroxylation sites is 6. The second-order valence-electron chi connectivity index (χ2n) is 8.60. The van der Waals surface area contributed by atoms with Gasteiger partial charge in [0.15, 0.2) is 5.58 Å². The van der Waals surface area contributed by atoms with Gasteiger partial charge in [0.05, 0.1) is 16.6 Å². The van der Waals surface area contributed by atoms with E-state index in [-0.39, 0.29) is 25.2 Å². The van der Waals surface area contributed by atoms with Gasteiger partial charge >= 0.3 is 0 Å². The molecule has 0 bridgehead atoms. The Kier molecular flexibility index (Phi) is 7.82. The molecule has 0 unspecified atom stereocenters. The molecular formula is C32H22N3O2SZn-. The van der Waals surface area contributed by atoms with Crippen LogP contribution in [0.15, 0.2) is 137 Å². The molecule has 5 nitrogen and oxygen atoms in total. The molecule has 0 atom stereocenters. The van der Waals surface area contributed by atoms with E-state index in [0.29, 0.717) is 5.89 Å². The molecular weight excluding hydrogens is 556 g/mol. The average Bonchev–Trinajstić information content (AvgIpc) is 3.56. The van der Waals surface area contributed by atoms with Crippen LogP contribution in [0.25, 0.3) is 50.7 Å². The number of aromatic hydroxyl groups is 1. The van der Waals surface area contributed by atoms with Crippen molar-refractivity contribution < 1.29 is 29.0 Å². The van der Waals surface area contributed by atoms with Gasteiger partial charge in [-0.1, -0.05) is 78.9 Å². The van der Waals surface area contributed by atoms with Crippen molar-refractivity contribution in [3.05, 3.63) is 127 Å². The van der Waals surface area contributed by atoms with E-state index in [9.17, 15) is 5.11 Å². The van der Waals surface area contributed by atoms with Crippen LogP contribution in [0.2, 0.25) is 0 Å². The monoisotopic (exact) mass is 576 g/mol. The Morgan fingerprint density at radius 2 is 1.23 bits per heavy atom. The third-order valence-electron chi connectivity index (χ3n) is 6.13. The molecule has 1 N–H and O–H groups in total. The molecule has 0 saturated heterocycles. The molecule has 0 spiro atoms. The van der Waals surface area contributed by atoms with Crippen molar-refractivity contribution in [1.82, 2.24) is 14.5 Å². The maximum atomic E-state index is 10.2. The van der Waals surface area contributed by atoms with E-state index in [0.717, 1.165) is 49.7 Å². The third-order valence-corrected chi connectivity index (χ3v) is 6.49. The maximum absolute atomic E-state index is 10.2. The molecule has 7 heteroatoms. The largest absolute Gasteiger partial charge is 0.779 e. The van der Waals surface area contributed by atoms with E-state index >= 15 is 0 Å². The number of rotatable bonds is 3. The normalized spacial score (nSPS) is 10.6. The summed E-state index contributed by atoms with van der Waals surface area (Å²) in [5, 5.41) is 10.2. The fraction of sp³-hybridized carbons (Fsp3) is 0. The van der Waals surface area contributed by atoms with Crippen molar-refractivity contribution in [2.45, 2.75) is 4.90 Å². The van der Waals surface area contributed by atoms with Crippen LogP contribution in [0.5, 0.6) is 5.75 Å². The van der Waals surface area contributed by atoms with E-state index in [4.69, 9.17) is 22.0 Å². The molecule has 0 aliphatic heterocycles. The van der Waals surface area contributed by atoms with Crippen LogP contribution in [0, 0.1) is 0 Å². The second kappa shape index (κ2) is 11.6. The van der Waals surface area contributed by atoms with Crippen molar-refractivity contribution in [3.63, 3.8) is 0 Å². The summed E-state index contributed by atoms with van der Waals surface area (Å²) in [4.78, 5) is 9.89. The standard InChI is InChI=1S/C19H14N2O.C13H9NOS.Zn/c22-18-13-7-4-10-15(18)19-20-16-11-5-6-12-17(16)21(19)14-8-2-1-3-9-14;16-12-8-4-1-5-9(12)13-14-10-6-2-3-7-11(10)15-13;/h1-13,22H;1-8,16H;/p-1. The van der Waals surface area contributed by atoms with E-state index in [2.05, 4.69) is 9.55 Å². The van der Waals surface area contributed by atoms with Gasteiger partial charge < -0.3 is 22.2 Å². The molecule has 39 heavy (non-hydrogen) atoms. The number of fused-ring (bicyclic) bond motifs is 2. The number of hydrogen-bond acceptors (Lipinski definition) is 5. The maximum Gasteiger partial charge on any atom is 0.225 e. The van der Waals surface area contributed by atoms with Gasteiger partial charge in [0.25, 0.3) is 0 Å². The Balaban J connectivity index is 0.000000161. The number of hydrogen-bond donors (Lipinski definition) is 1. The molecule has 2 aromatic heterocycles. The summed E-state index contributed by atoms with van der Waals surface area (Å²) in [5.74, 6) is 1.56. The second-order valence-corrected chi connectivity index (χ2v) is 9.03. The van der Waals surface area contributed by atoms with E-state index in [1.807, 2.05) is 121 Å². The molecule has 0 amide bonds. The summed E-state index contributed by atoms with van der Waals surface area (Å²) in [6.45, 7) is 0. The summed E-state index contributed by atoms with van der Waals surface area (Å²) in [6, 6.07) is 40.7. The fourth-order valence-electron chi connectivity index (χ4n) is 4.34. The zero-order valence-corrected chi connectivity index (χ0v) is 24.7. The SMILES string of the molecule is Oc1ccccc1-c1nc2ccccc2n1-c1ccccc1.[S-]c1ccccc1-c1nc2ccccc2o1.[Zn]. The van der Waals surface area contributed by atoms with Gasteiger partial charge in [0, 0.05) is 30.7 Å². The first kappa shape index (κ1) is 26.3. The van der Waals surface area contributed by atoms with Crippen molar-refractivity contribution >= 4 is 34.8 Å². The van der Waals surface area contributed by atoms with Gasteiger partial charge in [0.1, 0.15) is 17.1 Å². The predicted octanol–water partition coefficient (Wildman–Crippen LogP) is 7.80. The van der Waals surface area contributed by atoms with Crippen molar-refractivity contribution in [2.24, 2.45) is 0 Å². The molecule has 0 aliphatic carbocycles. The Bertz CT molecular complexity index is 1830. The van der Waals surface area contributed by atoms with Crippen LogP contribution >= 0.6 is 0 Å². The van der Waals surface area contributed by atoms with Crippen LogP contribution < -0.4 is 0 Å². The van der Waals surface area contributed by atoms with E-state index < -0.39 is 0 Å². The van der Waals surface area contributed by atoms with Crippen LogP contribution in [-0.2, 0) is 32.1 Å². The molecule has 7 rings (SSSR count). The molecule has 7 aromatic rings. The molecule has 0 radical (unpaired) electrons. The molecule has 0 fully saturated rings. The summed E-state index contributed by atoms with van der Waals surface area (Å²) >= 11 is 5.24. The Labute approximate surface area is 244 Å². The smallest absolute Gasteiger partial charge is 0.225 e. The quantitative estimate of drug-likeness (QED) is 0.171. The van der Waals surface area contributed by atoms with E-state index in [1.165, 1.54) is 0 Å². The van der Waals surface area contributed by atoms with Crippen LogP contribution in [-0.4, -0.2) is 19.6 Å². The molecule has 0 saturated carbocycles. The molecule has 0 aliphatic rings. The zero-order valence-electron chi connectivity index (χ0n) is 20.9. The van der Waals surface area contributed by atoms with Crippen molar-refractivity contribution in [1.29, 1.82) is 0 Å². The van der Waals surface area contributed by atoms with Gasteiger partial charge in [-0.25, -0.2) is 9.97 Å². The summed E-state index contributed by atoms with van der Waals surface area (Å²) < 4.78 is 7.73. The van der Waals surface area contributed by atoms with Crippen LogP contribution in [0.3, 0.4) is 0 Å². The van der Waals surface area contributed by atoms with Gasteiger partial charge in [-0.15, -0.1) is 0 Å². The van der Waals surface area contributed by atoms with Crippen molar-refractivity contribution in [2.75, 3.05) is 0 Å². The third kappa shape index (κ3) is 5.33. The number of oxazole rings is 1. The van der Waals surface area contributed by atoms with Gasteiger partial charge in [-0.05, 0) is 48.5 Å². The Morgan fingerprint density at radius 3 is 1.97 bits per heavy atom. The number of benzene rings is 5. The summed E-state index contributed by atoms with van der Waals surface area (Å²) in [5.41, 5.74) is 6.19. The average molecular weight is 578 g/mol. The first-order chi connectivity index (χ1) is 18.7. The number of aromatic nitrogens is 3. The Morgan fingerprint density at radius 1 is 0.615 bits per heavy atom. The first-order valence-corrected chi connectivity index (χ1v) is 12.5. The van der Waals surface area contributed by atoms with Gasteiger partial charge in [0.2, 0.25) is 5.89 Å². The summed E-state index contributed by atoms with van der Waals surface area (Å²) in [7, 11) is 0. The van der Waals surface area contributed by atoms with Crippen LogP contribution in [0.4, 0.5) is 0 Å². The Hall–Kier alpha value is -4.32. The molecule has 2 heterocycles. The summed E-state index contributed by atoms with van der Waals surface area (Å²) in [6.07, 6.45) is 0. The number of phenols is 1. The molecule has 186 valence electrons. The minimum atomic E-state index is 0. The first-order valence-electron chi connectivity index (χ1n) is 12.1. The topological polar surface area (TPSA) is 64.1 Å². The van der Waals surface area contributed by atoms with Crippen LogP contribution in [0.1, 0.15) is 0 Å². The predicted molar refractivity (Wildman–Crippen MR) is 153 cm³/mol. The number of imidazole rings is 1.